The molecular formula is C8H14N2O. The van der Waals surface area contributed by atoms with Gasteiger partial charge in [0.15, 0.2) is 0 Å². The van der Waals surface area contributed by atoms with Gasteiger partial charge >= 0.3 is 0 Å². The van der Waals surface area contributed by atoms with E-state index < -0.39 is 0 Å². The molecule has 0 aliphatic heterocycles. The Morgan fingerprint density at radius 2 is 2.18 bits per heavy atom. The van der Waals surface area contributed by atoms with Crippen LogP contribution in [0.4, 0.5) is 0 Å². The predicted molar refractivity (Wildman–Crippen MR) is 43.9 cm³/mol. The lowest BCUT2D eigenvalue weighted by Crippen LogP contribution is -2.33. The number of allylic oxidation sites excluding steroid dienone is 2. The summed E-state index contributed by atoms with van der Waals surface area (Å²) >= 11 is 0. The predicted octanol–water partition coefficient (Wildman–Crippen LogP) is 0.0275. The monoisotopic (exact) mass is 154 g/mol. The molecular weight excluding hydrogens is 140 g/mol. The van der Waals surface area contributed by atoms with Crippen LogP contribution in [0.5, 0.6) is 0 Å². The molecule has 62 valence electrons. The highest BCUT2D eigenvalue weighted by Crippen LogP contribution is 2.17. The Hall–Kier alpha value is -0.830. The van der Waals surface area contributed by atoms with E-state index in [-0.39, 0.29) is 11.8 Å². The highest BCUT2D eigenvalue weighted by molar-refractivity contribution is 5.79. The van der Waals surface area contributed by atoms with Gasteiger partial charge in [-0.3, -0.25) is 4.79 Å². The van der Waals surface area contributed by atoms with Crippen LogP contribution in [-0.2, 0) is 4.79 Å². The van der Waals surface area contributed by atoms with Crippen molar-refractivity contribution in [2.45, 2.75) is 12.8 Å². The SMILES string of the molecule is NCCNC(=O)C1CC=CC1. The van der Waals surface area contributed by atoms with Crippen LogP contribution in [0.25, 0.3) is 0 Å². The summed E-state index contributed by atoms with van der Waals surface area (Å²) in [6.07, 6.45) is 5.87. The Labute approximate surface area is 66.6 Å². The van der Waals surface area contributed by atoms with Gasteiger partial charge in [-0.1, -0.05) is 12.2 Å². The Bertz CT molecular complexity index is 157. The first-order valence-electron chi connectivity index (χ1n) is 3.97. The maximum atomic E-state index is 11.2. The Balaban J connectivity index is 2.19. The van der Waals surface area contributed by atoms with Crippen LogP contribution in [0.3, 0.4) is 0 Å². The molecule has 3 heteroatoms. The van der Waals surface area contributed by atoms with Crippen LogP contribution in [0, 0.1) is 5.92 Å². The molecule has 0 aromatic rings. The molecule has 1 rings (SSSR count). The van der Waals surface area contributed by atoms with Gasteiger partial charge in [0.1, 0.15) is 0 Å². The molecule has 0 radical (unpaired) electrons. The lowest BCUT2D eigenvalue weighted by atomic mass is 10.1. The summed E-state index contributed by atoms with van der Waals surface area (Å²) in [5.74, 6) is 0.307. The molecule has 3 nitrogen and oxygen atoms in total. The normalized spacial score (nSPS) is 17.2. The van der Waals surface area contributed by atoms with Crippen molar-refractivity contribution in [3.05, 3.63) is 12.2 Å². The molecule has 1 amide bonds. The van der Waals surface area contributed by atoms with Crippen LogP contribution < -0.4 is 11.1 Å². The first-order valence-corrected chi connectivity index (χ1v) is 3.97. The second kappa shape index (κ2) is 4.13. The number of nitrogens with one attached hydrogen (secondary N) is 1. The Morgan fingerprint density at radius 3 is 2.73 bits per heavy atom. The van der Waals surface area contributed by atoms with Crippen molar-refractivity contribution in [2.75, 3.05) is 13.1 Å². The van der Waals surface area contributed by atoms with E-state index >= 15 is 0 Å². The molecule has 0 atom stereocenters. The first-order chi connectivity index (χ1) is 5.34. The lowest BCUT2D eigenvalue weighted by Gasteiger charge is -2.08. The van der Waals surface area contributed by atoms with Crippen LogP contribution in [0.1, 0.15) is 12.8 Å². The number of amides is 1. The Kier molecular flexibility index (Phi) is 3.11. The van der Waals surface area contributed by atoms with Crippen LogP contribution in [0.15, 0.2) is 12.2 Å². The second-order valence-electron chi connectivity index (χ2n) is 2.72. The van der Waals surface area contributed by atoms with Gasteiger partial charge in [0.2, 0.25) is 5.91 Å². The zero-order valence-corrected chi connectivity index (χ0v) is 6.55. The molecule has 0 fully saturated rings. The molecule has 0 saturated carbocycles. The summed E-state index contributed by atoms with van der Waals surface area (Å²) in [6.45, 7) is 1.11. The minimum absolute atomic E-state index is 0.139. The van der Waals surface area contributed by atoms with Gasteiger partial charge in [0.25, 0.3) is 0 Å². The van der Waals surface area contributed by atoms with Gasteiger partial charge in [0.05, 0.1) is 0 Å². The number of carbonyl (C=O) groups excluding carboxylic acids is 1. The minimum atomic E-state index is 0.139. The maximum absolute atomic E-state index is 11.2. The van der Waals surface area contributed by atoms with Crippen molar-refractivity contribution in [3.63, 3.8) is 0 Å². The van der Waals surface area contributed by atoms with Gasteiger partial charge in [0, 0.05) is 19.0 Å². The molecule has 1 aliphatic rings. The molecule has 0 bridgehead atoms. The van der Waals surface area contributed by atoms with E-state index in [0.29, 0.717) is 13.1 Å². The summed E-state index contributed by atoms with van der Waals surface area (Å²) in [4.78, 5) is 11.2. The molecule has 0 aromatic heterocycles. The fraction of sp³-hybridized carbons (Fsp3) is 0.625. The van der Waals surface area contributed by atoms with Crippen molar-refractivity contribution in [2.24, 2.45) is 11.7 Å². The van der Waals surface area contributed by atoms with Gasteiger partial charge in [-0.2, -0.15) is 0 Å². The number of carbonyl (C=O) groups is 1. The maximum Gasteiger partial charge on any atom is 0.223 e. The van der Waals surface area contributed by atoms with Gasteiger partial charge in [-0.05, 0) is 12.8 Å². The standard InChI is InChI=1S/C8H14N2O/c9-5-6-10-8(11)7-3-1-2-4-7/h1-2,7H,3-6,9H2,(H,10,11). The van der Waals surface area contributed by atoms with Crippen molar-refractivity contribution < 1.29 is 4.79 Å². The smallest absolute Gasteiger partial charge is 0.223 e. The third kappa shape index (κ3) is 2.35. The van der Waals surface area contributed by atoms with E-state index in [0.717, 1.165) is 12.8 Å². The average Bonchev–Trinajstić information content (AvgIpc) is 2.52. The fourth-order valence-corrected chi connectivity index (χ4v) is 1.17. The van der Waals surface area contributed by atoms with Gasteiger partial charge in [-0.25, -0.2) is 0 Å². The number of hydrogen-bond donors (Lipinski definition) is 2. The summed E-state index contributed by atoms with van der Waals surface area (Å²) in [5, 5.41) is 2.77. The van der Waals surface area contributed by atoms with Crippen molar-refractivity contribution in [3.8, 4) is 0 Å². The first kappa shape index (κ1) is 8.27. The molecule has 1 aliphatic carbocycles. The molecule has 11 heavy (non-hydrogen) atoms. The minimum Gasteiger partial charge on any atom is -0.355 e. The largest absolute Gasteiger partial charge is 0.355 e. The number of hydrogen-bond acceptors (Lipinski definition) is 2. The van der Waals surface area contributed by atoms with Crippen molar-refractivity contribution >= 4 is 5.91 Å². The van der Waals surface area contributed by atoms with Gasteiger partial charge < -0.3 is 11.1 Å². The summed E-state index contributed by atoms with van der Waals surface area (Å²) < 4.78 is 0. The molecule has 0 unspecified atom stereocenters. The summed E-state index contributed by atoms with van der Waals surface area (Å²) in [5.41, 5.74) is 5.25. The molecule has 0 spiro atoms. The quantitative estimate of drug-likeness (QED) is 0.563. The third-order valence-electron chi connectivity index (χ3n) is 1.82. The van der Waals surface area contributed by atoms with E-state index in [2.05, 4.69) is 5.32 Å². The average molecular weight is 154 g/mol. The molecule has 0 heterocycles. The molecule has 0 saturated heterocycles. The Morgan fingerprint density at radius 1 is 1.55 bits per heavy atom. The van der Waals surface area contributed by atoms with Crippen molar-refractivity contribution in [1.29, 1.82) is 0 Å². The summed E-state index contributed by atoms with van der Waals surface area (Å²) in [6, 6.07) is 0. The van der Waals surface area contributed by atoms with E-state index in [1.807, 2.05) is 12.2 Å². The van der Waals surface area contributed by atoms with E-state index in [1.54, 1.807) is 0 Å². The van der Waals surface area contributed by atoms with Crippen LogP contribution >= 0.6 is 0 Å². The topological polar surface area (TPSA) is 55.1 Å². The molecule has 3 N–H and O–H groups in total. The van der Waals surface area contributed by atoms with Gasteiger partial charge in [-0.15, -0.1) is 0 Å². The highest BCUT2D eigenvalue weighted by atomic mass is 16.1. The van der Waals surface area contributed by atoms with E-state index in [9.17, 15) is 4.79 Å². The lowest BCUT2D eigenvalue weighted by molar-refractivity contribution is -0.124. The van der Waals surface area contributed by atoms with Crippen LogP contribution in [-0.4, -0.2) is 19.0 Å². The zero-order valence-electron chi connectivity index (χ0n) is 6.55. The fourth-order valence-electron chi connectivity index (χ4n) is 1.17. The molecule has 0 aromatic carbocycles. The highest BCUT2D eigenvalue weighted by Gasteiger charge is 2.17. The number of rotatable bonds is 3. The van der Waals surface area contributed by atoms with E-state index in [1.165, 1.54) is 0 Å². The third-order valence-corrected chi connectivity index (χ3v) is 1.82. The summed E-state index contributed by atoms with van der Waals surface area (Å²) in [7, 11) is 0. The van der Waals surface area contributed by atoms with Crippen LogP contribution in [0.2, 0.25) is 0 Å². The van der Waals surface area contributed by atoms with Crippen molar-refractivity contribution in [1.82, 2.24) is 5.32 Å². The zero-order chi connectivity index (χ0) is 8.10. The number of nitrogens with two attached hydrogens (primary N) is 1. The second-order valence-corrected chi connectivity index (χ2v) is 2.72. The van der Waals surface area contributed by atoms with E-state index in [4.69, 9.17) is 5.73 Å².